The molecule has 0 atom stereocenters. The third-order valence-corrected chi connectivity index (χ3v) is 3.86. The first-order valence-electron chi connectivity index (χ1n) is 7.15. The van der Waals surface area contributed by atoms with E-state index in [0.717, 1.165) is 28.7 Å². The molecular weight excluding hydrogens is 290 g/mol. The molecular formula is C17H13N5O. The summed E-state index contributed by atoms with van der Waals surface area (Å²) in [6, 6.07) is 15.5. The lowest BCUT2D eigenvalue weighted by Gasteiger charge is -2.20. The van der Waals surface area contributed by atoms with Crippen LogP contribution in [0.5, 0.6) is 0 Å². The molecule has 112 valence electrons. The Hall–Kier alpha value is -3.28. The maximum absolute atomic E-state index is 11.1. The molecule has 2 heterocycles. The first-order valence-corrected chi connectivity index (χ1v) is 7.15. The van der Waals surface area contributed by atoms with Gasteiger partial charge in [-0.2, -0.15) is 4.98 Å². The van der Waals surface area contributed by atoms with Gasteiger partial charge in [0.25, 0.3) is 5.78 Å². The van der Waals surface area contributed by atoms with Gasteiger partial charge in [-0.05, 0) is 24.3 Å². The first kappa shape index (κ1) is 13.4. The molecule has 6 heteroatoms. The molecule has 0 unspecified atom stereocenters. The largest absolute Gasteiger partial charge is 0.329 e. The van der Waals surface area contributed by atoms with Crippen molar-refractivity contribution < 1.29 is 4.79 Å². The molecule has 23 heavy (non-hydrogen) atoms. The fraction of sp³-hybridized carbons (Fsp3) is 0.0588. The Morgan fingerprint density at radius 2 is 1.96 bits per heavy atom. The molecule has 0 aliphatic heterocycles. The number of fused-ring (bicyclic) bond motifs is 3. The monoisotopic (exact) mass is 303 g/mol. The SMILES string of the molecule is CN(c1ccccc1)c1nc2nncn2c2cc(C=O)ccc12. The molecule has 4 rings (SSSR count). The molecule has 2 aromatic carbocycles. The van der Waals surface area contributed by atoms with E-state index in [0.29, 0.717) is 11.3 Å². The van der Waals surface area contributed by atoms with Crippen LogP contribution in [0.1, 0.15) is 10.4 Å². The summed E-state index contributed by atoms with van der Waals surface area (Å²) in [5, 5.41) is 8.90. The predicted octanol–water partition coefficient (Wildman–Crippen LogP) is 2.86. The van der Waals surface area contributed by atoms with Gasteiger partial charge in [0.2, 0.25) is 0 Å². The second-order valence-electron chi connectivity index (χ2n) is 5.23. The fourth-order valence-electron chi connectivity index (χ4n) is 2.67. The third kappa shape index (κ3) is 2.12. The van der Waals surface area contributed by atoms with Crippen LogP contribution in [0.25, 0.3) is 16.7 Å². The normalized spacial score (nSPS) is 11.0. The van der Waals surface area contributed by atoms with Gasteiger partial charge < -0.3 is 4.90 Å². The zero-order chi connectivity index (χ0) is 15.8. The molecule has 4 aromatic rings. The van der Waals surface area contributed by atoms with E-state index in [4.69, 9.17) is 0 Å². The van der Waals surface area contributed by atoms with E-state index in [1.165, 1.54) is 0 Å². The van der Waals surface area contributed by atoms with Gasteiger partial charge in [0.1, 0.15) is 18.4 Å². The maximum Gasteiger partial charge on any atom is 0.257 e. The molecule has 0 saturated carbocycles. The van der Waals surface area contributed by atoms with Crippen LogP contribution >= 0.6 is 0 Å². The van der Waals surface area contributed by atoms with Crippen LogP contribution in [0.15, 0.2) is 54.9 Å². The smallest absolute Gasteiger partial charge is 0.257 e. The number of para-hydroxylation sites is 1. The Labute approximate surface area is 132 Å². The lowest BCUT2D eigenvalue weighted by molar-refractivity contribution is 0.112. The first-order chi connectivity index (χ1) is 11.3. The van der Waals surface area contributed by atoms with Crippen molar-refractivity contribution in [1.29, 1.82) is 0 Å². The summed E-state index contributed by atoms with van der Waals surface area (Å²) in [6.07, 6.45) is 2.43. The van der Waals surface area contributed by atoms with Crippen molar-refractivity contribution in [2.75, 3.05) is 11.9 Å². The van der Waals surface area contributed by atoms with Gasteiger partial charge >= 0.3 is 0 Å². The van der Waals surface area contributed by atoms with Crippen LogP contribution in [0.4, 0.5) is 11.5 Å². The zero-order valence-electron chi connectivity index (χ0n) is 12.4. The minimum Gasteiger partial charge on any atom is -0.329 e. The van der Waals surface area contributed by atoms with Crippen LogP contribution in [-0.4, -0.2) is 32.9 Å². The molecule has 0 N–H and O–H groups in total. The number of nitrogens with zero attached hydrogens (tertiary/aromatic N) is 5. The zero-order valence-corrected chi connectivity index (χ0v) is 12.4. The highest BCUT2D eigenvalue weighted by molar-refractivity contribution is 5.96. The molecule has 0 saturated heterocycles. The van der Waals surface area contributed by atoms with E-state index in [-0.39, 0.29) is 0 Å². The molecule has 0 amide bonds. The van der Waals surface area contributed by atoms with E-state index in [9.17, 15) is 4.79 Å². The molecule has 0 spiro atoms. The van der Waals surface area contributed by atoms with E-state index >= 15 is 0 Å². The Balaban J connectivity index is 2.03. The van der Waals surface area contributed by atoms with Crippen LogP contribution < -0.4 is 4.90 Å². The molecule has 0 aliphatic rings. The van der Waals surface area contributed by atoms with Gasteiger partial charge in [0.05, 0.1) is 5.52 Å². The molecule has 2 aromatic heterocycles. The highest BCUT2D eigenvalue weighted by atomic mass is 16.1. The van der Waals surface area contributed by atoms with Crippen molar-refractivity contribution in [2.45, 2.75) is 0 Å². The van der Waals surface area contributed by atoms with Gasteiger partial charge in [0.15, 0.2) is 0 Å². The van der Waals surface area contributed by atoms with Gasteiger partial charge in [0, 0.05) is 23.7 Å². The lowest BCUT2D eigenvalue weighted by Crippen LogP contribution is -2.13. The van der Waals surface area contributed by atoms with Gasteiger partial charge in [-0.25, -0.2) is 0 Å². The van der Waals surface area contributed by atoms with E-state index in [2.05, 4.69) is 15.2 Å². The Kier molecular flexibility index (Phi) is 3.01. The molecule has 0 radical (unpaired) electrons. The number of benzene rings is 2. The van der Waals surface area contributed by atoms with Crippen molar-refractivity contribution in [2.24, 2.45) is 0 Å². The topological polar surface area (TPSA) is 63.4 Å². The van der Waals surface area contributed by atoms with E-state index in [1.54, 1.807) is 16.8 Å². The summed E-state index contributed by atoms with van der Waals surface area (Å²) in [7, 11) is 1.96. The maximum atomic E-state index is 11.1. The van der Waals surface area contributed by atoms with Crippen molar-refractivity contribution in [1.82, 2.24) is 19.6 Å². The van der Waals surface area contributed by atoms with Gasteiger partial charge in [-0.1, -0.05) is 24.3 Å². The standard InChI is InChI=1S/C17H13N5O/c1-21(13-5-3-2-4-6-13)16-14-8-7-12(10-23)9-15(14)22-11-18-20-17(22)19-16/h2-11H,1H3. The summed E-state index contributed by atoms with van der Waals surface area (Å²) < 4.78 is 1.78. The van der Waals surface area contributed by atoms with Crippen LogP contribution in [0.2, 0.25) is 0 Å². The number of carbonyl (C=O) groups excluding carboxylic acids is 1. The Morgan fingerprint density at radius 1 is 1.13 bits per heavy atom. The molecule has 0 fully saturated rings. The number of rotatable bonds is 3. The van der Waals surface area contributed by atoms with Crippen molar-refractivity contribution in [3.8, 4) is 0 Å². The van der Waals surface area contributed by atoms with E-state index in [1.807, 2.05) is 54.4 Å². The minimum atomic E-state index is 0.498. The fourth-order valence-corrected chi connectivity index (χ4v) is 2.67. The minimum absolute atomic E-state index is 0.498. The van der Waals surface area contributed by atoms with Crippen LogP contribution in [-0.2, 0) is 0 Å². The highest BCUT2D eigenvalue weighted by Crippen LogP contribution is 2.30. The number of aromatic nitrogens is 4. The summed E-state index contributed by atoms with van der Waals surface area (Å²) in [6.45, 7) is 0. The second kappa shape index (κ2) is 5.17. The Bertz CT molecular complexity index is 1010. The lowest BCUT2D eigenvalue weighted by atomic mass is 10.1. The summed E-state index contributed by atoms with van der Waals surface area (Å²) >= 11 is 0. The molecule has 0 bridgehead atoms. The average Bonchev–Trinajstić information content (AvgIpc) is 3.09. The Morgan fingerprint density at radius 3 is 2.74 bits per heavy atom. The average molecular weight is 303 g/mol. The number of aldehydes is 1. The summed E-state index contributed by atoms with van der Waals surface area (Å²) in [4.78, 5) is 17.7. The van der Waals surface area contributed by atoms with Crippen molar-refractivity contribution in [3.63, 3.8) is 0 Å². The van der Waals surface area contributed by atoms with E-state index < -0.39 is 0 Å². The predicted molar refractivity (Wildman–Crippen MR) is 88.2 cm³/mol. The molecule has 6 nitrogen and oxygen atoms in total. The van der Waals surface area contributed by atoms with Crippen LogP contribution in [0.3, 0.4) is 0 Å². The summed E-state index contributed by atoms with van der Waals surface area (Å²) in [5.41, 5.74) is 2.47. The molecule has 0 aliphatic carbocycles. The number of carbonyl (C=O) groups is 1. The van der Waals surface area contributed by atoms with Crippen molar-refractivity contribution >= 4 is 34.5 Å². The summed E-state index contributed by atoms with van der Waals surface area (Å²) in [5.74, 6) is 1.27. The number of anilines is 2. The number of hydrogen-bond donors (Lipinski definition) is 0. The quantitative estimate of drug-likeness (QED) is 0.545. The van der Waals surface area contributed by atoms with Gasteiger partial charge in [-0.15, -0.1) is 10.2 Å². The second-order valence-corrected chi connectivity index (χ2v) is 5.23. The highest BCUT2D eigenvalue weighted by Gasteiger charge is 2.14. The van der Waals surface area contributed by atoms with Crippen molar-refractivity contribution in [3.05, 3.63) is 60.4 Å². The van der Waals surface area contributed by atoms with Crippen LogP contribution in [0, 0.1) is 0 Å². The van der Waals surface area contributed by atoms with Gasteiger partial charge in [-0.3, -0.25) is 9.20 Å². The third-order valence-electron chi connectivity index (χ3n) is 3.86. The number of hydrogen-bond acceptors (Lipinski definition) is 5.